The van der Waals surface area contributed by atoms with Gasteiger partial charge in [-0.15, -0.1) is 0 Å². The summed E-state index contributed by atoms with van der Waals surface area (Å²) < 4.78 is 17.1. The van der Waals surface area contributed by atoms with Gasteiger partial charge in [0.25, 0.3) is 0 Å². The second-order valence-corrected chi connectivity index (χ2v) is 6.53. The molecule has 0 amide bonds. The summed E-state index contributed by atoms with van der Waals surface area (Å²) in [4.78, 5) is 22.5. The van der Waals surface area contributed by atoms with E-state index in [0.29, 0.717) is 5.92 Å². The van der Waals surface area contributed by atoms with Gasteiger partial charge in [0.2, 0.25) is 0 Å². The number of ether oxygens (including phenoxy) is 3. The van der Waals surface area contributed by atoms with Crippen molar-refractivity contribution < 1.29 is 23.8 Å². The second-order valence-electron chi connectivity index (χ2n) is 6.53. The van der Waals surface area contributed by atoms with Crippen molar-refractivity contribution in [3.63, 3.8) is 0 Å². The van der Waals surface area contributed by atoms with Crippen molar-refractivity contribution >= 4 is 11.8 Å². The fourth-order valence-electron chi connectivity index (χ4n) is 3.35. The Labute approximate surface area is 139 Å². The zero-order valence-electron chi connectivity index (χ0n) is 14.9. The van der Waals surface area contributed by atoms with Gasteiger partial charge in [0, 0.05) is 19.3 Å². The van der Waals surface area contributed by atoms with Crippen molar-refractivity contribution in [1.29, 1.82) is 0 Å². The van der Waals surface area contributed by atoms with Crippen molar-refractivity contribution in [1.82, 2.24) is 0 Å². The van der Waals surface area contributed by atoms with E-state index < -0.39 is 6.29 Å². The van der Waals surface area contributed by atoms with E-state index in [1.807, 2.05) is 6.92 Å². The molecule has 1 aliphatic rings. The standard InChI is InChI=1S/C17H31NO5/c1-6-15-11(3)16(9-21-13(5)19)23-17(12(15)4)22-10(2)7-14(20)8-18/h10-12,15-17H,6-9,18H2,1-5H3. The van der Waals surface area contributed by atoms with Gasteiger partial charge in [-0.2, -0.15) is 0 Å². The molecule has 1 saturated heterocycles. The van der Waals surface area contributed by atoms with Crippen molar-refractivity contribution in [3.05, 3.63) is 0 Å². The van der Waals surface area contributed by atoms with Crippen molar-refractivity contribution in [2.75, 3.05) is 13.2 Å². The molecule has 0 aliphatic carbocycles. The van der Waals surface area contributed by atoms with Crippen molar-refractivity contribution in [2.45, 2.75) is 66.0 Å². The van der Waals surface area contributed by atoms with Crippen molar-refractivity contribution in [2.24, 2.45) is 23.5 Å². The molecule has 0 radical (unpaired) electrons. The van der Waals surface area contributed by atoms with E-state index in [9.17, 15) is 9.59 Å². The summed E-state index contributed by atoms with van der Waals surface area (Å²) >= 11 is 0. The maximum Gasteiger partial charge on any atom is 0.302 e. The Morgan fingerprint density at radius 2 is 1.91 bits per heavy atom. The molecule has 1 fully saturated rings. The molecule has 2 N–H and O–H groups in total. The number of carbonyl (C=O) groups excluding carboxylic acids is 2. The van der Waals surface area contributed by atoms with E-state index in [1.54, 1.807) is 0 Å². The molecule has 23 heavy (non-hydrogen) atoms. The van der Waals surface area contributed by atoms with Gasteiger partial charge >= 0.3 is 5.97 Å². The first kappa shape index (κ1) is 20.1. The van der Waals surface area contributed by atoms with Crippen LogP contribution in [0.15, 0.2) is 0 Å². The number of carbonyl (C=O) groups is 2. The molecule has 0 aromatic carbocycles. The molecule has 134 valence electrons. The molecule has 0 spiro atoms. The third kappa shape index (κ3) is 5.86. The van der Waals surface area contributed by atoms with Gasteiger partial charge in [-0.05, 0) is 18.8 Å². The number of esters is 1. The predicted molar refractivity (Wildman–Crippen MR) is 86.6 cm³/mol. The van der Waals surface area contributed by atoms with Crippen LogP contribution in [0.25, 0.3) is 0 Å². The smallest absolute Gasteiger partial charge is 0.302 e. The number of Topliss-reactive ketones (excluding diaryl/α,β-unsaturated/α-hetero) is 1. The Morgan fingerprint density at radius 3 is 2.43 bits per heavy atom. The monoisotopic (exact) mass is 329 g/mol. The zero-order chi connectivity index (χ0) is 17.6. The lowest BCUT2D eigenvalue weighted by Gasteiger charge is -2.45. The lowest BCUT2D eigenvalue weighted by molar-refractivity contribution is -0.270. The van der Waals surface area contributed by atoms with Crippen LogP contribution in [0, 0.1) is 17.8 Å². The van der Waals surface area contributed by atoms with Crippen LogP contribution in [0.2, 0.25) is 0 Å². The van der Waals surface area contributed by atoms with Gasteiger partial charge < -0.3 is 19.9 Å². The third-order valence-corrected chi connectivity index (χ3v) is 4.71. The summed E-state index contributed by atoms with van der Waals surface area (Å²) in [6.07, 6.45) is 0.431. The van der Waals surface area contributed by atoms with Gasteiger partial charge in [-0.3, -0.25) is 9.59 Å². The molecular formula is C17H31NO5. The SMILES string of the molecule is CCC1C(C)C(COC(C)=O)OC(OC(C)CC(=O)CN)C1C. The first-order valence-electron chi connectivity index (χ1n) is 8.46. The average Bonchev–Trinajstić information content (AvgIpc) is 2.49. The lowest BCUT2D eigenvalue weighted by atomic mass is 9.76. The molecule has 0 saturated carbocycles. The summed E-state index contributed by atoms with van der Waals surface area (Å²) in [5, 5.41) is 0. The molecule has 1 rings (SSSR count). The van der Waals surface area contributed by atoms with Crippen LogP contribution in [0.3, 0.4) is 0 Å². The zero-order valence-corrected chi connectivity index (χ0v) is 14.9. The van der Waals surface area contributed by atoms with E-state index in [-0.39, 0.29) is 55.4 Å². The average molecular weight is 329 g/mol. The third-order valence-electron chi connectivity index (χ3n) is 4.71. The number of nitrogens with two attached hydrogens (primary N) is 1. The number of rotatable bonds is 8. The highest BCUT2D eigenvalue weighted by Gasteiger charge is 2.42. The molecule has 6 heteroatoms. The van der Waals surface area contributed by atoms with E-state index >= 15 is 0 Å². The molecule has 6 unspecified atom stereocenters. The van der Waals surface area contributed by atoms with E-state index in [4.69, 9.17) is 19.9 Å². The minimum atomic E-state index is -0.405. The van der Waals surface area contributed by atoms with Crippen molar-refractivity contribution in [3.8, 4) is 0 Å². The van der Waals surface area contributed by atoms with Crippen LogP contribution in [0.1, 0.15) is 47.5 Å². The maximum atomic E-state index is 11.5. The molecule has 1 aliphatic heterocycles. The predicted octanol–water partition coefficient (Wildman–Crippen LogP) is 1.90. The number of hydrogen-bond donors (Lipinski definition) is 1. The molecule has 0 aromatic rings. The highest BCUT2D eigenvalue weighted by molar-refractivity contribution is 5.80. The minimum Gasteiger partial charge on any atom is -0.463 e. The number of hydrogen-bond acceptors (Lipinski definition) is 6. The van der Waals surface area contributed by atoms with Gasteiger partial charge in [-0.25, -0.2) is 0 Å². The van der Waals surface area contributed by atoms with Crippen LogP contribution < -0.4 is 5.73 Å². The quantitative estimate of drug-likeness (QED) is 0.684. The Kier molecular flexibility index (Phi) is 8.16. The summed E-state index contributed by atoms with van der Waals surface area (Å²) in [5.74, 6) is 0.547. The van der Waals surface area contributed by atoms with Crippen LogP contribution in [-0.2, 0) is 23.8 Å². The van der Waals surface area contributed by atoms with Crippen LogP contribution in [-0.4, -0.2) is 43.4 Å². The van der Waals surface area contributed by atoms with Crippen LogP contribution >= 0.6 is 0 Å². The molecule has 1 heterocycles. The normalized spacial score (nSPS) is 32.3. The fraction of sp³-hybridized carbons (Fsp3) is 0.882. The largest absolute Gasteiger partial charge is 0.463 e. The van der Waals surface area contributed by atoms with E-state index in [1.165, 1.54) is 6.92 Å². The topological polar surface area (TPSA) is 87.9 Å². The Bertz CT molecular complexity index is 400. The molecule has 6 nitrogen and oxygen atoms in total. The summed E-state index contributed by atoms with van der Waals surface area (Å²) in [6, 6.07) is 0. The summed E-state index contributed by atoms with van der Waals surface area (Å²) in [7, 11) is 0. The Hall–Kier alpha value is -0.980. The van der Waals surface area contributed by atoms with Crippen LogP contribution in [0.5, 0.6) is 0 Å². The van der Waals surface area contributed by atoms with E-state index in [2.05, 4.69) is 20.8 Å². The van der Waals surface area contributed by atoms with Gasteiger partial charge in [-0.1, -0.05) is 27.2 Å². The first-order valence-corrected chi connectivity index (χ1v) is 8.46. The summed E-state index contributed by atoms with van der Waals surface area (Å²) in [6.45, 7) is 9.87. The Morgan fingerprint density at radius 1 is 1.26 bits per heavy atom. The number of ketones is 1. The maximum absolute atomic E-state index is 11.5. The highest BCUT2D eigenvalue weighted by Crippen LogP contribution is 2.38. The highest BCUT2D eigenvalue weighted by atomic mass is 16.7. The molecular weight excluding hydrogens is 298 g/mol. The Balaban J connectivity index is 2.72. The summed E-state index contributed by atoms with van der Waals surface area (Å²) in [5.41, 5.74) is 5.35. The lowest BCUT2D eigenvalue weighted by Crippen LogP contribution is -2.49. The molecule has 0 aromatic heterocycles. The van der Waals surface area contributed by atoms with Gasteiger partial charge in [0.05, 0.1) is 18.8 Å². The molecule has 6 atom stereocenters. The minimum absolute atomic E-state index is 0.0263. The molecule has 0 bridgehead atoms. The second kappa shape index (κ2) is 9.35. The van der Waals surface area contributed by atoms with Gasteiger partial charge in [0.1, 0.15) is 12.4 Å². The fourth-order valence-corrected chi connectivity index (χ4v) is 3.35. The van der Waals surface area contributed by atoms with Crippen LogP contribution in [0.4, 0.5) is 0 Å². The van der Waals surface area contributed by atoms with E-state index in [0.717, 1.165) is 6.42 Å². The van der Waals surface area contributed by atoms with Gasteiger partial charge in [0.15, 0.2) is 6.29 Å². The first-order chi connectivity index (χ1) is 10.8.